The van der Waals surface area contributed by atoms with Gasteiger partial charge in [0.05, 0.1) is 18.6 Å². The number of nitrogens with zero attached hydrogens (tertiary/aromatic N) is 3. The second kappa shape index (κ2) is 8.42. The molecule has 0 spiro atoms. The molecule has 0 bridgehead atoms. The van der Waals surface area contributed by atoms with Gasteiger partial charge >= 0.3 is 0 Å². The molecule has 26 heavy (non-hydrogen) atoms. The fourth-order valence-corrected chi connectivity index (χ4v) is 3.28. The standard InChI is InChI=1S/C19H26N4O3/c1-15-21-17(22-26-15)13-23-10-5-8-19(25,9-11-23)14-20-18(24)12-16-6-3-2-4-7-16/h2-4,6-7,25H,5,8-14H2,1H3,(H,20,24)/t19-/m0/s1. The number of rotatable bonds is 6. The zero-order valence-corrected chi connectivity index (χ0v) is 15.1. The lowest BCUT2D eigenvalue weighted by Crippen LogP contribution is -2.44. The molecule has 1 amide bonds. The van der Waals surface area contributed by atoms with E-state index in [0.29, 0.717) is 37.5 Å². The lowest BCUT2D eigenvalue weighted by atomic mass is 9.95. The van der Waals surface area contributed by atoms with Gasteiger partial charge in [-0.15, -0.1) is 0 Å². The molecule has 1 saturated heterocycles. The Kier molecular flexibility index (Phi) is 6.00. The average molecular weight is 358 g/mol. The van der Waals surface area contributed by atoms with E-state index in [-0.39, 0.29) is 12.5 Å². The molecular weight excluding hydrogens is 332 g/mol. The van der Waals surface area contributed by atoms with Crippen LogP contribution in [0.3, 0.4) is 0 Å². The number of hydrogen-bond acceptors (Lipinski definition) is 6. The predicted molar refractivity (Wildman–Crippen MR) is 96.3 cm³/mol. The lowest BCUT2D eigenvalue weighted by molar-refractivity contribution is -0.121. The van der Waals surface area contributed by atoms with E-state index in [1.165, 1.54) is 0 Å². The van der Waals surface area contributed by atoms with Crippen molar-refractivity contribution in [3.63, 3.8) is 0 Å². The molecule has 0 unspecified atom stereocenters. The SMILES string of the molecule is Cc1nc(CN2CCC[C@@](O)(CNC(=O)Cc3ccccc3)CC2)no1. The number of carbonyl (C=O) groups is 1. The van der Waals surface area contributed by atoms with E-state index in [1.807, 2.05) is 30.3 Å². The van der Waals surface area contributed by atoms with Crippen molar-refractivity contribution < 1.29 is 14.4 Å². The van der Waals surface area contributed by atoms with Gasteiger partial charge in [-0.05, 0) is 31.4 Å². The van der Waals surface area contributed by atoms with Gasteiger partial charge in [0.25, 0.3) is 0 Å². The van der Waals surface area contributed by atoms with Crippen LogP contribution < -0.4 is 5.32 Å². The van der Waals surface area contributed by atoms with Gasteiger partial charge in [0, 0.05) is 20.0 Å². The largest absolute Gasteiger partial charge is 0.388 e. The van der Waals surface area contributed by atoms with Gasteiger partial charge in [-0.1, -0.05) is 35.5 Å². The van der Waals surface area contributed by atoms with Crippen molar-refractivity contribution in [1.82, 2.24) is 20.4 Å². The molecule has 1 atom stereocenters. The van der Waals surface area contributed by atoms with Gasteiger partial charge in [-0.3, -0.25) is 9.69 Å². The Hall–Kier alpha value is -2.25. The van der Waals surface area contributed by atoms with Gasteiger partial charge < -0.3 is 14.9 Å². The maximum absolute atomic E-state index is 12.1. The summed E-state index contributed by atoms with van der Waals surface area (Å²) in [5.41, 5.74) is 0.105. The molecule has 2 N–H and O–H groups in total. The summed E-state index contributed by atoms with van der Waals surface area (Å²) < 4.78 is 5.01. The number of aromatic nitrogens is 2. The average Bonchev–Trinajstić information content (AvgIpc) is 2.94. The third-order valence-electron chi connectivity index (χ3n) is 4.77. The third-order valence-corrected chi connectivity index (χ3v) is 4.77. The quantitative estimate of drug-likeness (QED) is 0.812. The normalized spacial score (nSPS) is 21.3. The predicted octanol–water partition coefficient (Wildman–Crippen LogP) is 1.45. The van der Waals surface area contributed by atoms with Crippen LogP contribution in [0.25, 0.3) is 0 Å². The minimum Gasteiger partial charge on any atom is -0.388 e. The van der Waals surface area contributed by atoms with Crippen LogP contribution in [0.1, 0.15) is 36.5 Å². The van der Waals surface area contributed by atoms with Gasteiger partial charge in [0.1, 0.15) is 0 Å². The van der Waals surface area contributed by atoms with Crippen molar-refractivity contribution in [2.24, 2.45) is 0 Å². The smallest absolute Gasteiger partial charge is 0.224 e. The zero-order chi connectivity index (χ0) is 18.4. The van der Waals surface area contributed by atoms with E-state index in [2.05, 4.69) is 20.4 Å². The molecule has 2 heterocycles. The molecule has 1 aromatic carbocycles. The Balaban J connectivity index is 1.46. The number of benzene rings is 1. The molecule has 7 heteroatoms. The van der Waals surface area contributed by atoms with E-state index >= 15 is 0 Å². The van der Waals surface area contributed by atoms with E-state index in [1.54, 1.807) is 6.92 Å². The van der Waals surface area contributed by atoms with Crippen LogP contribution in [-0.2, 0) is 17.8 Å². The Morgan fingerprint density at radius 3 is 2.85 bits per heavy atom. The molecule has 0 radical (unpaired) electrons. The Morgan fingerprint density at radius 2 is 2.12 bits per heavy atom. The molecule has 2 aromatic rings. The minimum atomic E-state index is -0.867. The van der Waals surface area contributed by atoms with Crippen molar-refractivity contribution in [2.75, 3.05) is 19.6 Å². The number of carbonyl (C=O) groups excluding carboxylic acids is 1. The number of aryl methyl sites for hydroxylation is 1. The van der Waals surface area contributed by atoms with Crippen molar-refractivity contribution >= 4 is 5.91 Å². The summed E-state index contributed by atoms with van der Waals surface area (Å²) in [6.07, 6.45) is 2.47. The molecule has 1 aromatic heterocycles. The fourth-order valence-electron chi connectivity index (χ4n) is 3.28. The number of aliphatic hydroxyl groups is 1. The Bertz CT molecular complexity index is 719. The summed E-state index contributed by atoms with van der Waals surface area (Å²) in [6.45, 7) is 4.28. The fraction of sp³-hybridized carbons (Fsp3) is 0.526. The van der Waals surface area contributed by atoms with Gasteiger partial charge in [-0.25, -0.2) is 0 Å². The number of nitrogens with one attached hydrogen (secondary N) is 1. The second-order valence-corrected chi connectivity index (χ2v) is 7.02. The number of likely N-dealkylation sites (tertiary alicyclic amines) is 1. The summed E-state index contributed by atoms with van der Waals surface area (Å²) in [5.74, 6) is 1.17. The van der Waals surface area contributed by atoms with Crippen LogP contribution in [0, 0.1) is 6.92 Å². The molecule has 140 valence electrons. The van der Waals surface area contributed by atoms with Crippen molar-refractivity contribution in [3.8, 4) is 0 Å². The Labute approximate surface area is 153 Å². The molecule has 1 aliphatic heterocycles. The number of hydrogen-bond donors (Lipinski definition) is 2. The Morgan fingerprint density at radius 1 is 1.31 bits per heavy atom. The van der Waals surface area contributed by atoms with Crippen molar-refractivity contribution in [1.29, 1.82) is 0 Å². The van der Waals surface area contributed by atoms with Gasteiger partial charge in [0.15, 0.2) is 5.82 Å². The molecule has 0 saturated carbocycles. The van der Waals surface area contributed by atoms with Crippen molar-refractivity contribution in [2.45, 2.75) is 44.8 Å². The third kappa shape index (κ3) is 5.37. The molecule has 1 aliphatic rings. The first kappa shape index (κ1) is 18.5. The maximum Gasteiger partial charge on any atom is 0.224 e. The molecule has 3 rings (SSSR count). The first-order valence-corrected chi connectivity index (χ1v) is 9.07. The van der Waals surface area contributed by atoms with Crippen LogP contribution in [0.15, 0.2) is 34.9 Å². The zero-order valence-electron chi connectivity index (χ0n) is 15.1. The highest BCUT2D eigenvalue weighted by molar-refractivity contribution is 5.78. The van der Waals surface area contributed by atoms with Crippen LogP contribution in [0.2, 0.25) is 0 Å². The van der Waals surface area contributed by atoms with Crippen LogP contribution in [0.4, 0.5) is 0 Å². The highest BCUT2D eigenvalue weighted by Crippen LogP contribution is 2.22. The molecule has 0 aliphatic carbocycles. The minimum absolute atomic E-state index is 0.0620. The molecule has 1 fully saturated rings. The summed E-state index contributed by atoms with van der Waals surface area (Å²) in [7, 11) is 0. The monoisotopic (exact) mass is 358 g/mol. The molecular formula is C19H26N4O3. The first-order valence-electron chi connectivity index (χ1n) is 9.07. The van der Waals surface area contributed by atoms with Gasteiger partial charge in [0.2, 0.25) is 11.8 Å². The van der Waals surface area contributed by atoms with E-state index in [9.17, 15) is 9.90 Å². The number of amides is 1. The van der Waals surface area contributed by atoms with Crippen LogP contribution in [-0.4, -0.2) is 51.3 Å². The highest BCUT2D eigenvalue weighted by atomic mass is 16.5. The van der Waals surface area contributed by atoms with E-state index in [0.717, 1.165) is 25.1 Å². The summed E-state index contributed by atoms with van der Waals surface area (Å²) in [4.78, 5) is 18.6. The second-order valence-electron chi connectivity index (χ2n) is 7.02. The van der Waals surface area contributed by atoms with Crippen molar-refractivity contribution in [3.05, 3.63) is 47.6 Å². The van der Waals surface area contributed by atoms with E-state index in [4.69, 9.17) is 4.52 Å². The summed E-state index contributed by atoms with van der Waals surface area (Å²) in [6, 6.07) is 9.62. The van der Waals surface area contributed by atoms with Crippen LogP contribution >= 0.6 is 0 Å². The lowest BCUT2D eigenvalue weighted by Gasteiger charge is -2.27. The summed E-state index contributed by atoms with van der Waals surface area (Å²) >= 11 is 0. The summed E-state index contributed by atoms with van der Waals surface area (Å²) in [5, 5.41) is 17.7. The highest BCUT2D eigenvalue weighted by Gasteiger charge is 2.30. The first-order chi connectivity index (χ1) is 12.5. The van der Waals surface area contributed by atoms with Gasteiger partial charge in [-0.2, -0.15) is 4.98 Å². The van der Waals surface area contributed by atoms with Crippen LogP contribution in [0.5, 0.6) is 0 Å². The maximum atomic E-state index is 12.1. The van der Waals surface area contributed by atoms with E-state index < -0.39 is 5.60 Å². The molecule has 7 nitrogen and oxygen atoms in total. The topological polar surface area (TPSA) is 91.5 Å².